The highest BCUT2D eigenvalue weighted by atomic mass is 16.3. The first-order valence-electron chi connectivity index (χ1n) is 13.9. The fourth-order valence-electron chi connectivity index (χ4n) is 5.45. The second-order valence-electron chi connectivity index (χ2n) is 10.1. The van der Waals surface area contributed by atoms with E-state index in [1.807, 2.05) is 79.8 Å². The Kier molecular flexibility index (Phi) is 6.49. The van der Waals surface area contributed by atoms with E-state index in [-0.39, 0.29) is 0 Å². The molecule has 0 N–H and O–H groups in total. The lowest BCUT2D eigenvalue weighted by Gasteiger charge is -2.13. The number of nitrogens with zero attached hydrogens (tertiary/aromatic N) is 3. The molecule has 200 valence electrons. The predicted octanol–water partition coefficient (Wildman–Crippen LogP) is 10.1. The van der Waals surface area contributed by atoms with Crippen LogP contribution in [0.3, 0.4) is 0 Å². The number of hydrogen-bond donors (Lipinski definition) is 0. The molecule has 0 fully saturated rings. The Hall–Kier alpha value is -5.61. The highest BCUT2D eigenvalue weighted by Crippen LogP contribution is 2.40. The Morgan fingerprint density at radius 1 is 0.595 bits per heavy atom. The first-order valence-corrected chi connectivity index (χ1v) is 13.9. The molecule has 2 heterocycles. The average molecular weight is 542 g/mol. The fourth-order valence-corrected chi connectivity index (χ4v) is 5.45. The van der Waals surface area contributed by atoms with Crippen LogP contribution in [0, 0.1) is 0 Å². The van der Waals surface area contributed by atoms with Crippen LogP contribution in [0.4, 0.5) is 0 Å². The predicted molar refractivity (Wildman–Crippen MR) is 174 cm³/mol. The van der Waals surface area contributed by atoms with Gasteiger partial charge < -0.3 is 4.42 Å². The molecule has 0 aliphatic rings. The molecule has 4 nitrogen and oxygen atoms in total. The molecule has 0 radical (unpaired) electrons. The SMILES string of the molecule is C=C(/C=C\C=C/C)c1nc(-c2ccccc2)nc(-c2cccc3c(-c4cccc5oc6ccccc6c45)cccc23)n1. The third kappa shape index (κ3) is 4.49. The van der Waals surface area contributed by atoms with Crippen LogP contribution in [-0.4, -0.2) is 15.0 Å². The molecular formula is C38H27N3O. The van der Waals surface area contributed by atoms with Crippen LogP contribution < -0.4 is 0 Å². The van der Waals surface area contributed by atoms with E-state index < -0.39 is 0 Å². The molecule has 0 atom stereocenters. The van der Waals surface area contributed by atoms with E-state index >= 15 is 0 Å². The maximum atomic E-state index is 6.20. The van der Waals surface area contributed by atoms with E-state index in [0.717, 1.165) is 55.0 Å². The molecule has 0 aliphatic carbocycles. The van der Waals surface area contributed by atoms with Gasteiger partial charge in [0.2, 0.25) is 0 Å². The van der Waals surface area contributed by atoms with Crippen LogP contribution in [0.5, 0.6) is 0 Å². The van der Waals surface area contributed by atoms with Crippen LogP contribution in [-0.2, 0) is 0 Å². The normalized spacial score (nSPS) is 11.8. The van der Waals surface area contributed by atoms with Crippen molar-refractivity contribution in [3.8, 4) is 33.9 Å². The van der Waals surface area contributed by atoms with E-state index in [2.05, 4.69) is 67.2 Å². The molecule has 0 saturated carbocycles. The summed E-state index contributed by atoms with van der Waals surface area (Å²) in [7, 11) is 0. The summed E-state index contributed by atoms with van der Waals surface area (Å²) in [6, 6.07) is 37.2. The van der Waals surface area contributed by atoms with Crippen molar-refractivity contribution >= 4 is 38.3 Å². The minimum absolute atomic E-state index is 0.544. The van der Waals surface area contributed by atoms with Gasteiger partial charge in [-0.25, -0.2) is 15.0 Å². The molecule has 7 aromatic rings. The molecule has 42 heavy (non-hydrogen) atoms. The van der Waals surface area contributed by atoms with E-state index in [0.29, 0.717) is 23.0 Å². The number of furan rings is 1. The zero-order valence-corrected chi connectivity index (χ0v) is 23.2. The molecule has 2 aromatic heterocycles. The van der Waals surface area contributed by atoms with E-state index in [1.54, 1.807) is 0 Å². The van der Waals surface area contributed by atoms with E-state index in [4.69, 9.17) is 19.4 Å². The van der Waals surface area contributed by atoms with Crippen molar-refractivity contribution in [2.45, 2.75) is 6.92 Å². The topological polar surface area (TPSA) is 51.8 Å². The van der Waals surface area contributed by atoms with Crippen molar-refractivity contribution in [2.75, 3.05) is 0 Å². The fraction of sp³-hybridized carbons (Fsp3) is 0.0263. The summed E-state index contributed by atoms with van der Waals surface area (Å²) in [4.78, 5) is 14.7. The van der Waals surface area contributed by atoms with Gasteiger partial charge in [0.05, 0.1) is 0 Å². The van der Waals surface area contributed by atoms with Gasteiger partial charge in [0.1, 0.15) is 11.2 Å². The quantitative estimate of drug-likeness (QED) is 0.197. The molecule has 0 aliphatic heterocycles. The molecule has 0 amide bonds. The highest BCUT2D eigenvalue weighted by molar-refractivity contribution is 6.16. The molecule has 0 spiro atoms. The third-order valence-electron chi connectivity index (χ3n) is 7.41. The van der Waals surface area contributed by atoms with Crippen LogP contribution in [0.15, 0.2) is 144 Å². The van der Waals surface area contributed by atoms with Gasteiger partial charge in [0.25, 0.3) is 0 Å². The van der Waals surface area contributed by atoms with Crippen LogP contribution in [0.1, 0.15) is 12.7 Å². The lowest BCUT2D eigenvalue weighted by Crippen LogP contribution is -2.02. The van der Waals surface area contributed by atoms with Gasteiger partial charge in [-0.1, -0.05) is 128 Å². The zero-order chi connectivity index (χ0) is 28.5. The van der Waals surface area contributed by atoms with Crippen molar-refractivity contribution < 1.29 is 4.42 Å². The average Bonchev–Trinajstić information content (AvgIpc) is 3.43. The number of aromatic nitrogens is 3. The summed E-state index contributed by atoms with van der Waals surface area (Å²) >= 11 is 0. The maximum Gasteiger partial charge on any atom is 0.164 e. The molecule has 0 unspecified atom stereocenters. The largest absolute Gasteiger partial charge is 0.456 e. The van der Waals surface area contributed by atoms with Crippen LogP contribution in [0.25, 0.3) is 72.2 Å². The van der Waals surface area contributed by atoms with Crippen LogP contribution in [0.2, 0.25) is 0 Å². The second-order valence-corrected chi connectivity index (χ2v) is 10.1. The first kappa shape index (κ1) is 25.4. The summed E-state index contributed by atoms with van der Waals surface area (Å²) in [6.45, 7) is 6.23. The van der Waals surface area contributed by atoms with Gasteiger partial charge >= 0.3 is 0 Å². The van der Waals surface area contributed by atoms with Crippen molar-refractivity contribution in [3.63, 3.8) is 0 Å². The van der Waals surface area contributed by atoms with Crippen molar-refractivity contribution in [3.05, 3.63) is 146 Å². The molecule has 0 bridgehead atoms. The summed E-state index contributed by atoms with van der Waals surface area (Å²) < 4.78 is 6.20. The summed E-state index contributed by atoms with van der Waals surface area (Å²) in [5.74, 6) is 1.76. The number of benzene rings is 5. The summed E-state index contributed by atoms with van der Waals surface area (Å²) in [6.07, 6.45) is 7.79. The van der Waals surface area contributed by atoms with E-state index in [1.165, 1.54) is 0 Å². The molecule has 7 rings (SSSR count). The Labute approximate surface area is 244 Å². The number of rotatable bonds is 6. The highest BCUT2D eigenvalue weighted by Gasteiger charge is 2.17. The van der Waals surface area contributed by atoms with Gasteiger partial charge in [-0.3, -0.25) is 0 Å². The standard InChI is InChI=1S/C38H27N3O/c1-3-4-6-14-25(2)36-39-37(26-15-7-5-8-16-26)41-38(40-36)31-22-12-18-27-28(19-11-20-29(27)31)30-21-13-24-34-35(30)32-17-9-10-23-33(32)42-34/h3-24H,2H2,1H3/b4-3-,14-6-. The number of fused-ring (bicyclic) bond motifs is 4. The van der Waals surface area contributed by atoms with Crippen LogP contribution >= 0.6 is 0 Å². The van der Waals surface area contributed by atoms with Crippen molar-refractivity contribution in [1.82, 2.24) is 15.0 Å². The smallest absolute Gasteiger partial charge is 0.164 e. The first-order chi connectivity index (χ1) is 20.7. The number of para-hydroxylation sites is 1. The van der Waals surface area contributed by atoms with Gasteiger partial charge in [-0.05, 0) is 41.0 Å². The lowest BCUT2D eigenvalue weighted by atomic mass is 9.93. The third-order valence-corrected chi connectivity index (χ3v) is 7.41. The molecule has 0 saturated heterocycles. The molecule has 4 heteroatoms. The Bertz CT molecular complexity index is 2170. The molecular weight excluding hydrogens is 514 g/mol. The second kappa shape index (κ2) is 10.8. The maximum absolute atomic E-state index is 6.20. The Morgan fingerprint density at radius 2 is 1.24 bits per heavy atom. The number of allylic oxidation sites excluding steroid dienone is 5. The van der Waals surface area contributed by atoms with E-state index in [9.17, 15) is 0 Å². The summed E-state index contributed by atoms with van der Waals surface area (Å²) in [5, 5.41) is 4.40. The van der Waals surface area contributed by atoms with Gasteiger partial charge in [0.15, 0.2) is 17.5 Å². The Balaban J connectivity index is 1.45. The van der Waals surface area contributed by atoms with Gasteiger partial charge in [0, 0.05) is 27.5 Å². The molecule has 5 aromatic carbocycles. The monoisotopic (exact) mass is 541 g/mol. The van der Waals surface area contributed by atoms with Crippen molar-refractivity contribution in [2.24, 2.45) is 0 Å². The van der Waals surface area contributed by atoms with Gasteiger partial charge in [-0.15, -0.1) is 0 Å². The minimum atomic E-state index is 0.544. The lowest BCUT2D eigenvalue weighted by molar-refractivity contribution is 0.669. The number of hydrogen-bond acceptors (Lipinski definition) is 4. The minimum Gasteiger partial charge on any atom is -0.456 e. The van der Waals surface area contributed by atoms with Crippen molar-refractivity contribution in [1.29, 1.82) is 0 Å². The Morgan fingerprint density at radius 3 is 2.07 bits per heavy atom. The van der Waals surface area contributed by atoms with Gasteiger partial charge in [-0.2, -0.15) is 0 Å². The zero-order valence-electron chi connectivity index (χ0n) is 23.2. The summed E-state index contributed by atoms with van der Waals surface area (Å²) in [5.41, 5.74) is 6.59.